The van der Waals surface area contributed by atoms with Gasteiger partial charge in [-0.25, -0.2) is 4.39 Å². The zero-order chi connectivity index (χ0) is 19.2. The second-order valence-electron chi connectivity index (χ2n) is 7.39. The third-order valence-corrected chi connectivity index (χ3v) is 5.53. The maximum atomic E-state index is 13.9. The van der Waals surface area contributed by atoms with Crippen LogP contribution in [0.1, 0.15) is 19.3 Å². The fourth-order valence-corrected chi connectivity index (χ4v) is 3.92. The van der Waals surface area contributed by atoms with Crippen molar-refractivity contribution in [2.24, 2.45) is 11.8 Å². The van der Waals surface area contributed by atoms with Crippen LogP contribution in [-0.2, 0) is 14.3 Å². The summed E-state index contributed by atoms with van der Waals surface area (Å²) >= 11 is 0. The Kier molecular flexibility index (Phi) is 6.66. The third kappa shape index (κ3) is 4.97. The molecule has 0 spiro atoms. The number of carbonyl (C=O) groups is 2. The summed E-state index contributed by atoms with van der Waals surface area (Å²) in [5.74, 6) is 0.142. The van der Waals surface area contributed by atoms with Gasteiger partial charge in [-0.2, -0.15) is 0 Å². The molecule has 0 radical (unpaired) electrons. The fourth-order valence-electron chi connectivity index (χ4n) is 3.92. The molecule has 0 aliphatic carbocycles. The average Bonchev–Trinajstić information content (AvgIpc) is 3.15. The summed E-state index contributed by atoms with van der Waals surface area (Å²) in [5, 5.41) is 3.06. The average molecular weight is 377 g/mol. The van der Waals surface area contributed by atoms with Gasteiger partial charge in [0.05, 0.1) is 5.69 Å². The lowest BCUT2D eigenvalue weighted by atomic mass is 9.95. The number of hydrogen-bond acceptors (Lipinski definition) is 4. The molecule has 1 atom stereocenters. The Balaban J connectivity index is 1.40. The second-order valence-corrected chi connectivity index (χ2v) is 7.39. The number of piperidine rings is 1. The molecule has 2 heterocycles. The summed E-state index contributed by atoms with van der Waals surface area (Å²) in [6.45, 7) is 3.48. The van der Waals surface area contributed by atoms with E-state index in [0.29, 0.717) is 44.1 Å². The molecule has 2 amide bonds. The first-order valence-corrected chi connectivity index (χ1v) is 9.62. The Bertz CT molecular complexity index is 662. The van der Waals surface area contributed by atoms with Gasteiger partial charge < -0.3 is 19.9 Å². The van der Waals surface area contributed by atoms with Gasteiger partial charge in [-0.05, 0) is 37.3 Å². The molecule has 2 saturated heterocycles. The van der Waals surface area contributed by atoms with Crippen molar-refractivity contribution in [3.05, 3.63) is 30.1 Å². The van der Waals surface area contributed by atoms with Crippen LogP contribution >= 0.6 is 0 Å². The van der Waals surface area contributed by atoms with Crippen LogP contribution in [0.5, 0.6) is 0 Å². The van der Waals surface area contributed by atoms with Crippen molar-refractivity contribution >= 4 is 17.5 Å². The van der Waals surface area contributed by atoms with E-state index in [-0.39, 0.29) is 30.2 Å². The Morgan fingerprint density at radius 2 is 1.93 bits per heavy atom. The number of rotatable bonds is 6. The monoisotopic (exact) mass is 377 g/mol. The number of hydrogen-bond donors (Lipinski definition) is 1. The summed E-state index contributed by atoms with van der Waals surface area (Å²) in [4.78, 5) is 28.1. The van der Waals surface area contributed by atoms with Crippen LogP contribution in [0.2, 0.25) is 0 Å². The van der Waals surface area contributed by atoms with Crippen molar-refractivity contribution in [3.8, 4) is 0 Å². The number of halogens is 1. The molecular formula is C20H28FN3O3. The van der Waals surface area contributed by atoms with Gasteiger partial charge in [0.2, 0.25) is 11.8 Å². The zero-order valence-corrected chi connectivity index (χ0v) is 15.8. The zero-order valence-electron chi connectivity index (χ0n) is 15.8. The van der Waals surface area contributed by atoms with Crippen molar-refractivity contribution in [3.63, 3.8) is 0 Å². The van der Waals surface area contributed by atoms with E-state index in [2.05, 4.69) is 5.32 Å². The summed E-state index contributed by atoms with van der Waals surface area (Å²) in [7, 11) is 1.51. The maximum absolute atomic E-state index is 13.9. The summed E-state index contributed by atoms with van der Waals surface area (Å²) in [5.41, 5.74) is 0.638. The maximum Gasteiger partial charge on any atom is 0.248 e. The quantitative estimate of drug-likeness (QED) is 0.819. The van der Waals surface area contributed by atoms with E-state index in [1.54, 1.807) is 17.0 Å². The predicted octanol–water partition coefficient (Wildman–Crippen LogP) is 1.65. The minimum atomic E-state index is -0.197. The van der Waals surface area contributed by atoms with Gasteiger partial charge in [0.15, 0.2) is 0 Å². The first kappa shape index (κ1) is 19.6. The highest BCUT2D eigenvalue weighted by molar-refractivity contribution is 5.80. The van der Waals surface area contributed by atoms with Crippen LogP contribution in [0, 0.1) is 17.7 Å². The number of para-hydroxylation sites is 1. The Labute approximate surface area is 159 Å². The standard InChI is InChI=1S/C20H28FN3O3/c1-27-14-19(25)23-10-7-16(8-11-23)20(26)22-12-15-6-9-24(13-15)18-5-3-2-4-17(18)21/h2-5,15-16H,6-14H2,1H3,(H,22,26)/t15-/m0/s1. The number of likely N-dealkylation sites (tertiary alicyclic amines) is 1. The second kappa shape index (κ2) is 9.17. The largest absolute Gasteiger partial charge is 0.375 e. The molecule has 2 aliphatic rings. The molecule has 0 bridgehead atoms. The van der Waals surface area contributed by atoms with E-state index in [9.17, 15) is 14.0 Å². The number of amides is 2. The Morgan fingerprint density at radius 1 is 1.19 bits per heavy atom. The molecule has 0 unspecified atom stereocenters. The Hall–Kier alpha value is -2.15. The number of ether oxygens (including phenoxy) is 1. The molecule has 7 heteroatoms. The van der Waals surface area contributed by atoms with Crippen LogP contribution < -0.4 is 10.2 Å². The van der Waals surface area contributed by atoms with Gasteiger partial charge in [-0.15, -0.1) is 0 Å². The van der Waals surface area contributed by atoms with Crippen molar-refractivity contribution in [2.75, 3.05) is 51.3 Å². The molecule has 2 fully saturated rings. The number of anilines is 1. The minimum Gasteiger partial charge on any atom is -0.375 e. The molecule has 148 valence electrons. The van der Waals surface area contributed by atoms with E-state index in [1.807, 2.05) is 11.0 Å². The normalized spacial score (nSPS) is 20.7. The highest BCUT2D eigenvalue weighted by Gasteiger charge is 2.29. The van der Waals surface area contributed by atoms with Gasteiger partial charge in [0.25, 0.3) is 0 Å². The van der Waals surface area contributed by atoms with Crippen molar-refractivity contribution in [1.82, 2.24) is 10.2 Å². The highest BCUT2D eigenvalue weighted by atomic mass is 19.1. The van der Waals surface area contributed by atoms with E-state index in [4.69, 9.17) is 4.74 Å². The number of methoxy groups -OCH3 is 1. The minimum absolute atomic E-state index is 0.0180. The lowest BCUT2D eigenvalue weighted by molar-refractivity contribution is -0.138. The fraction of sp³-hybridized carbons (Fsp3) is 0.600. The number of nitrogens with one attached hydrogen (secondary N) is 1. The number of benzene rings is 1. The van der Waals surface area contributed by atoms with Crippen molar-refractivity contribution in [2.45, 2.75) is 19.3 Å². The van der Waals surface area contributed by atoms with Crippen LogP contribution in [-0.4, -0.2) is 63.2 Å². The topological polar surface area (TPSA) is 61.9 Å². The predicted molar refractivity (Wildman–Crippen MR) is 101 cm³/mol. The molecule has 0 saturated carbocycles. The van der Waals surface area contributed by atoms with Crippen LogP contribution in [0.25, 0.3) is 0 Å². The van der Waals surface area contributed by atoms with E-state index < -0.39 is 0 Å². The lowest BCUT2D eigenvalue weighted by Gasteiger charge is -2.31. The molecule has 1 aromatic carbocycles. The van der Waals surface area contributed by atoms with Gasteiger partial charge in [-0.3, -0.25) is 9.59 Å². The van der Waals surface area contributed by atoms with Gasteiger partial charge in [0.1, 0.15) is 12.4 Å². The first-order valence-electron chi connectivity index (χ1n) is 9.62. The SMILES string of the molecule is COCC(=O)N1CCC(C(=O)NC[C@@H]2CCN(c3ccccc3F)C2)CC1. The molecule has 3 rings (SSSR count). The smallest absolute Gasteiger partial charge is 0.248 e. The van der Waals surface area contributed by atoms with Crippen molar-refractivity contribution < 1.29 is 18.7 Å². The molecule has 1 N–H and O–H groups in total. The molecule has 2 aliphatic heterocycles. The summed E-state index contributed by atoms with van der Waals surface area (Å²) in [6.07, 6.45) is 2.32. The summed E-state index contributed by atoms with van der Waals surface area (Å²) in [6, 6.07) is 6.82. The third-order valence-electron chi connectivity index (χ3n) is 5.53. The Morgan fingerprint density at radius 3 is 2.63 bits per heavy atom. The first-order chi connectivity index (χ1) is 13.1. The van der Waals surface area contributed by atoms with Crippen LogP contribution in [0.15, 0.2) is 24.3 Å². The number of carbonyl (C=O) groups excluding carboxylic acids is 2. The van der Waals surface area contributed by atoms with E-state index in [0.717, 1.165) is 19.5 Å². The molecule has 1 aromatic rings. The molecular weight excluding hydrogens is 349 g/mol. The van der Waals surface area contributed by atoms with Gasteiger partial charge in [0, 0.05) is 45.8 Å². The van der Waals surface area contributed by atoms with Gasteiger partial charge in [-0.1, -0.05) is 12.1 Å². The van der Waals surface area contributed by atoms with Crippen LogP contribution in [0.4, 0.5) is 10.1 Å². The number of nitrogens with zero attached hydrogens (tertiary/aromatic N) is 2. The van der Waals surface area contributed by atoms with E-state index >= 15 is 0 Å². The van der Waals surface area contributed by atoms with Gasteiger partial charge >= 0.3 is 0 Å². The highest BCUT2D eigenvalue weighted by Crippen LogP contribution is 2.26. The lowest BCUT2D eigenvalue weighted by Crippen LogP contribution is -2.44. The van der Waals surface area contributed by atoms with Crippen molar-refractivity contribution in [1.29, 1.82) is 0 Å². The van der Waals surface area contributed by atoms with E-state index in [1.165, 1.54) is 13.2 Å². The molecule has 27 heavy (non-hydrogen) atoms. The van der Waals surface area contributed by atoms with Crippen LogP contribution in [0.3, 0.4) is 0 Å². The molecule has 0 aromatic heterocycles. The summed E-state index contributed by atoms with van der Waals surface area (Å²) < 4.78 is 18.8. The molecule has 6 nitrogen and oxygen atoms in total.